The van der Waals surface area contributed by atoms with Crippen molar-refractivity contribution in [3.63, 3.8) is 0 Å². The van der Waals surface area contributed by atoms with Crippen molar-refractivity contribution in [2.75, 3.05) is 4.90 Å². The molecule has 0 saturated carbocycles. The molecule has 0 atom stereocenters. The van der Waals surface area contributed by atoms with Crippen molar-refractivity contribution in [3.05, 3.63) is 87.0 Å². The largest absolute Gasteiger partial charge is 0.457 e. The van der Waals surface area contributed by atoms with Gasteiger partial charge in [-0.1, -0.05) is 12.1 Å². The van der Waals surface area contributed by atoms with Gasteiger partial charge in [0.2, 0.25) is 0 Å². The molecule has 0 N–H and O–H groups in total. The summed E-state index contributed by atoms with van der Waals surface area (Å²) in [6.07, 6.45) is 1.52. The number of nitrogens with zero attached hydrogens (tertiary/aromatic N) is 2. The second-order valence-electron chi connectivity index (χ2n) is 6.36. The minimum Gasteiger partial charge on any atom is -0.457 e. The van der Waals surface area contributed by atoms with Crippen molar-refractivity contribution >= 4 is 40.4 Å². The fraction of sp³-hybridized carbons (Fsp3) is 0.0476. The number of carbonyl (C=O) groups excluding carboxylic acids is 2. The number of amides is 2. The number of furan rings is 1. The summed E-state index contributed by atoms with van der Waals surface area (Å²) in [5.41, 5.74) is 2.14. The topological polar surface area (TPSA) is 93.7 Å². The number of hydrogen-bond acceptors (Lipinski definition) is 6. The maximum atomic E-state index is 12.7. The second kappa shape index (κ2) is 7.40. The molecule has 2 aromatic carbocycles. The van der Waals surface area contributed by atoms with Gasteiger partial charge in [0, 0.05) is 23.8 Å². The van der Waals surface area contributed by atoms with Gasteiger partial charge in [0.25, 0.3) is 16.8 Å². The van der Waals surface area contributed by atoms with Crippen LogP contribution in [0.4, 0.5) is 16.2 Å². The molecule has 0 spiro atoms. The predicted octanol–water partition coefficient (Wildman–Crippen LogP) is 5.40. The van der Waals surface area contributed by atoms with Crippen molar-refractivity contribution in [2.45, 2.75) is 6.92 Å². The Morgan fingerprint density at radius 2 is 1.83 bits per heavy atom. The van der Waals surface area contributed by atoms with Gasteiger partial charge >= 0.3 is 0 Å². The van der Waals surface area contributed by atoms with E-state index in [-0.39, 0.29) is 15.8 Å². The summed E-state index contributed by atoms with van der Waals surface area (Å²) < 4.78 is 5.73. The molecule has 7 nitrogen and oxygen atoms in total. The van der Waals surface area contributed by atoms with Crippen LogP contribution in [0.2, 0.25) is 0 Å². The van der Waals surface area contributed by atoms with Crippen molar-refractivity contribution in [1.82, 2.24) is 0 Å². The smallest absolute Gasteiger partial charge is 0.298 e. The van der Waals surface area contributed by atoms with E-state index < -0.39 is 10.8 Å². The van der Waals surface area contributed by atoms with E-state index in [1.165, 1.54) is 18.2 Å². The molecule has 0 aliphatic carbocycles. The third-order valence-corrected chi connectivity index (χ3v) is 5.19. The van der Waals surface area contributed by atoms with Crippen LogP contribution in [0.3, 0.4) is 0 Å². The van der Waals surface area contributed by atoms with Crippen LogP contribution in [0.15, 0.2) is 70.0 Å². The maximum Gasteiger partial charge on any atom is 0.298 e. The van der Waals surface area contributed by atoms with Crippen molar-refractivity contribution < 1.29 is 18.9 Å². The standard InChI is InChI=1S/C21H14N2O5S/c1-13-3-2-4-16(11-13)22-20(24)19(29-21(22)25)12-17-9-10-18(28-17)14-5-7-15(8-6-14)23(26)27/h2-12H,1H3/b19-12+. The van der Waals surface area contributed by atoms with Gasteiger partial charge in [0.1, 0.15) is 11.5 Å². The molecule has 144 valence electrons. The Morgan fingerprint density at radius 3 is 2.52 bits per heavy atom. The summed E-state index contributed by atoms with van der Waals surface area (Å²) in [7, 11) is 0. The maximum absolute atomic E-state index is 12.7. The molecule has 1 aliphatic rings. The van der Waals surface area contributed by atoms with E-state index in [1.807, 2.05) is 13.0 Å². The summed E-state index contributed by atoms with van der Waals surface area (Å²) in [6.45, 7) is 1.89. The van der Waals surface area contributed by atoms with Crippen LogP contribution < -0.4 is 4.90 Å². The SMILES string of the molecule is Cc1cccc(N2C(=O)S/C(=C/c3ccc(-c4ccc([N+](=O)[O-])cc4)o3)C2=O)c1. The summed E-state index contributed by atoms with van der Waals surface area (Å²) >= 11 is 0.851. The molecule has 8 heteroatoms. The van der Waals surface area contributed by atoms with Crippen LogP contribution in [0, 0.1) is 17.0 Å². The first-order valence-electron chi connectivity index (χ1n) is 8.62. The lowest BCUT2D eigenvalue weighted by atomic mass is 10.1. The van der Waals surface area contributed by atoms with Gasteiger partial charge in [-0.3, -0.25) is 19.7 Å². The average Bonchev–Trinajstić information content (AvgIpc) is 3.26. The zero-order valence-electron chi connectivity index (χ0n) is 15.2. The third kappa shape index (κ3) is 3.70. The lowest BCUT2D eigenvalue weighted by molar-refractivity contribution is -0.384. The Bertz CT molecular complexity index is 1160. The number of benzene rings is 2. The highest BCUT2D eigenvalue weighted by atomic mass is 32.2. The molecule has 0 bridgehead atoms. The number of nitro groups is 1. The van der Waals surface area contributed by atoms with Crippen LogP contribution in [0.5, 0.6) is 0 Å². The quantitative estimate of drug-likeness (QED) is 0.327. The third-order valence-electron chi connectivity index (χ3n) is 4.32. The van der Waals surface area contributed by atoms with Crippen LogP contribution in [0.1, 0.15) is 11.3 Å². The number of non-ortho nitro benzene ring substituents is 1. The van der Waals surface area contributed by atoms with Gasteiger partial charge in [0.05, 0.1) is 15.5 Å². The number of imide groups is 1. The minimum absolute atomic E-state index is 0.00893. The van der Waals surface area contributed by atoms with Gasteiger partial charge in [-0.25, -0.2) is 4.90 Å². The Balaban J connectivity index is 1.58. The highest BCUT2D eigenvalue weighted by Crippen LogP contribution is 2.36. The van der Waals surface area contributed by atoms with E-state index in [2.05, 4.69) is 0 Å². The Labute approximate surface area is 169 Å². The van der Waals surface area contributed by atoms with Gasteiger partial charge < -0.3 is 4.42 Å². The van der Waals surface area contributed by atoms with E-state index in [9.17, 15) is 19.7 Å². The fourth-order valence-corrected chi connectivity index (χ4v) is 3.74. The molecule has 0 unspecified atom stereocenters. The highest BCUT2D eigenvalue weighted by Gasteiger charge is 2.36. The van der Waals surface area contributed by atoms with Crippen LogP contribution in [-0.4, -0.2) is 16.1 Å². The first-order valence-corrected chi connectivity index (χ1v) is 9.43. The average molecular weight is 406 g/mol. The lowest BCUT2D eigenvalue weighted by Crippen LogP contribution is -2.27. The van der Waals surface area contributed by atoms with Crippen LogP contribution in [-0.2, 0) is 4.79 Å². The number of anilines is 1. The molecule has 3 aromatic rings. The van der Waals surface area contributed by atoms with E-state index in [0.717, 1.165) is 22.2 Å². The predicted molar refractivity (Wildman–Crippen MR) is 110 cm³/mol. The highest BCUT2D eigenvalue weighted by molar-refractivity contribution is 8.19. The van der Waals surface area contributed by atoms with Gasteiger partial charge in [-0.05, 0) is 60.6 Å². The van der Waals surface area contributed by atoms with Gasteiger partial charge in [0.15, 0.2) is 0 Å². The minimum atomic E-state index is -0.471. The van der Waals surface area contributed by atoms with Crippen LogP contribution >= 0.6 is 11.8 Å². The number of thioether (sulfide) groups is 1. The van der Waals surface area contributed by atoms with E-state index >= 15 is 0 Å². The van der Waals surface area contributed by atoms with E-state index in [0.29, 0.717) is 22.8 Å². The molecule has 1 saturated heterocycles. The first-order chi connectivity index (χ1) is 13.9. The Morgan fingerprint density at radius 1 is 1.07 bits per heavy atom. The summed E-state index contributed by atoms with van der Waals surface area (Å²) in [4.78, 5) is 36.8. The van der Waals surface area contributed by atoms with E-state index in [1.54, 1.807) is 42.5 Å². The lowest BCUT2D eigenvalue weighted by Gasteiger charge is -2.12. The zero-order chi connectivity index (χ0) is 20.5. The normalized spacial score (nSPS) is 15.3. The molecule has 2 heterocycles. The Hall–Kier alpha value is -3.65. The van der Waals surface area contributed by atoms with E-state index in [4.69, 9.17) is 4.42 Å². The summed E-state index contributed by atoms with van der Waals surface area (Å²) in [5.74, 6) is 0.510. The van der Waals surface area contributed by atoms with Crippen molar-refractivity contribution in [3.8, 4) is 11.3 Å². The van der Waals surface area contributed by atoms with Gasteiger partial charge in [-0.15, -0.1) is 0 Å². The molecule has 1 fully saturated rings. The molecule has 1 aliphatic heterocycles. The number of rotatable bonds is 4. The van der Waals surface area contributed by atoms with Crippen molar-refractivity contribution in [2.24, 2.45) is 0 Å². The summed E-state index contributed by atoms with van der Waals surface area (Å²) in [5, 5.41) is 10.4. The monoisotopic (exact) mass is 406 g/mol. The number of carbonyl (C=O) groups is 2. The number of nitro benzene ring substituents is 1. The molecular weight excluding hydrogens is 392 g/mol. The number of aryl methyl sites for hydroxylation is 1. The fourth-order valence-electron chi connectivity index (χ4n) is 2.92. The first kappa shape index (κ1) is 18.7. The van der Waals surface area contributed by atoms with Crippen molar-refractivity contribution in [1.29, 1.82) is 0 Å². The molecule has 1 aromatic heterocycles. The molecule has 2 amide bonds. The van der Waals surface area contributed by atoms with Gasteiger partial charge in [-0.2, -0.15) is 0 Å². The van der Waals surface area contributed by atoms with Crippen LogP contribution in [0.25, 0.3) is 17.4 Å². The summed E-state index contributed by atoms with van der Waals surface area (Å²) in [6, 6.07) is 16.5. The molecule has 29 heavy (non-hydrogen) atoms. The molecule has 0 radical (unpaired) electrons. The molecule has 4 rings (SSSR count). The number of hydrogen-bond donors (Lipinski definition) is 0. The zero-order valence-corrected chi connectivity index (χ0v) is 16.0. The second-order valence-corrected chi connectivity index (χ2v) is 7.36. The Kier molecular flexibility index (Phi) is 4.77. The molecular formula is C21H14N2O5S.